The maximum absolute atomic E-state index is 9.78. The van der Waals surface area contributed by atoms with E-state index in [9.17, 15) is 5.26 Å². The first-order valence-electron chi connectivity index (χ1n) is 17.5. The van der Waals surface area contributed by atoms with E-state index in [0.29, 0.717) is 17.5 Å². The summed E-state index contributed by atoms with van der Waals surface area (Å²) in [6.07, 6.45) is 5.88. The highest BCUT2D eigenvalue weighted by Crippen LogP contribution is 2.58. The van der Waals surface area contributed by atoms with Gasteiger partial charge in [-0.3, -0.25) is 0 Å². The van der Waals surface area contributed by atoms with Gasteiger partial charge in [-0.05, 0) is 69.5 Å². The Morgan fingerprint density at radius 3 is 1.54 bits per heavy atom. The molecule has 0 radical (unpaired) electrons. The van der Waals surface area contributed by atoms with Crippen molar-refractivity contribution in [1.29, 1.82) is 5.26 Å². The lowest BCUT2D eigenvalue weighted by atomic mass is 9.66. The number of benzene rings is 6. The molecule has 0 unspecified atom stereocenters. The third-order valence-electron chi connectivity index (χ3n) is 10.6. The van der Waals surface area contributed by atoms with Gasteiger partial charge in [0.25, 0.3) is 0 Å². The van der Waals surface area contributed by atoms with Crippen molar-refractivity contribution in [2.45, 2.75) is 37.5 Å². The molecule has 0 N–H and O–H groups in total. The predicted octanol–water partition coefficient (Wildman–Crippen LogP) is 11.3. The topological polar surface area (TPSA) is 62.5 Å². The lowest BCUT2D eigenvalue weighted by molar-refractivity contribution is 0.353. The molecular formula is C46H34N4. The Morgan fingerprint density at radius 2 is 0.940 bits per heavy atom. The van der Waals surface area contributed by atoms with Crippen LogP contribution in [0.5, 0.6) is 0 Å². The molecule has 1 fully saturated rings. The van der Waals surface area contributed by atoms with Crippen LogP contribution < -0.4 is 0 Å². The molecule has 1 aromatic heterocycles. The van der Waals surface area contributed by atoms with E-state index in [4.69, 9.17) is 15.0 Å². The maximum atomic E-state index is 9.78. The number of nitriles is 1. The van der Waals surface area contributed by atoms with Crippen LogP contribution >= 0.6 is 0 Å². The molecule has 6 aromatic carbocycles. The summed E-state index contributed by atoms with van der Waals surface area (Å²) in [4.78, 5) is 15.0. The molecule has 1 heterocycles. The van der Waals surface area contributed by atoms with Gasteiger partial charge < -0.3 is 0 Å². The third-order valence-corrected chi connectivity index (χ3v) is 10.6. The predicted molar refractivity (Wildman–Crippen MR) is 201 cm³/mol. The fourth-order valence-electron chi connectivity index (χ4n) is 8.18. The van der Waals surface area contributed by atoms with Crippen LogP contribution in [-0.4, -0.2) is 15.0 Å². The molecule has 0 amide bonds. The van der Waals surface area contributed by atoms with Crippen molar-refractivity contribution in [1.82, 2.24) is 15.0 Å². The SMILES string of the molecule is N#Cc1ccc2c(c1)C1(CCCCC1)c1c(-c3ccc(-c4nc(-c5ccccc5)nc(-c5ccc(-c6ccccc6)cc5)n4)cc3)cccc1-2. The molecule has 1 saturated carbocycles. The zero-order chi connectivity index (χ0) is 33.5. The summed E-state index contributed by atoms with van der Waals surface area (Å²) in [6.45, 7) is 0. The second-order valence-corrected chi connectivity index (χ2v) is 13.4. The summed E-state index contributed by atoms with van der Waals surface area (Å²) in [6, 6.07) is 53.1. The highest BCUT2D eigenvalue weighted by atomic mass is 15.0. The monoisotopic (exact) mass is 642 g/mol. The van der Waals surface area contributed by atoms with Crippen LogP contribution in [0.15, 0.2) is 146 Å². The van der Waals surface area contributed by atoms with Gasteiger partial charge in [-0.2, -0.15) is 5.26 Å². The number of fused-ring (bicyclic) bond motifs is 5. The fourth-order valence-corrected chi connectivity index (χ4v) is 8.18. The van der Waals surface area contributed by atoms with Crippen LogP contribution in [0, 0.1) is 11.3 Å². The summed E-state index contributed by atoms with van der Waals surface area (Å²) in [5, 5.41) is 9.78. The van der Waals surface area contributed by atoms with Crippen LogP contribution in [0.4, 0.5) is 0 Å². The van der Waals surface area contributed by atoms with E-state index in [1.54, 1.807) is 0 Å². The van der Waals surface area contributed by atoms with E-state index in [-0.39, 0.29) is 5.41 Å². The largest absolute Gasteiger partial charge is 0.208 e. The fraction of sp³-hybridized carbons (Fsp3) is 0.130. The number of rotatable bonds is 5. The van der Waals surface area contributed by atoms with Crippen LogP contribution in [-0.2, 0) is 5.41 Å². The van der Waals surface area contributed by atoms with Gasteiger partial charge in [0, 0.05) is 22.1 Å². The molecule has 0 saturated heterocycles. The quantitative estimate of drug-likeness (QED) is 0.187. The van der Waals surface area contributed by atoms with Crippen molar-refractivity contribution in [2.24, 2.45) is 0 Å². The van der Waals surface area contributed by atoms with Crippen molar-refractivity contribution in [3.05, 3.63) is 162 Å². The summed E-state index contributed by atoms with van der Waals surface area (Å²) in [5.74, 6) is 1.94. The number of aromatic nitrogens is 3. The standard InChI is InChI=1S/C46H34N4/c47-30-31-17-26-39-40-16-10-15-38(42(40)46(41(39)29-31)27-8-3-9-28-46)34-20-24-37(25-21-34)45-49-43(35-13-6-2-7-14-35)48-44(50-45)36-22-18-33(19-23-36)32-11-4-1-5-12-32/h1-2,4-7,10-26,29H,3,8-9,27-28H2. The normalized spacial score (nSPS) is 14.1. The molecule has 0 aliphatic heterocycles. The van der Waals surface area contributed by atoms with Gasteiger partial charge in [0.2, 0.25) is 0 Å². The van der Waals surface area contributed by atoms with E-state index >= 15 is 0 Å². The minimum atomic E-state index is -0.0607. The second kappa shape index (κ2) is 12.4. The molecule has 9 rings (SSSR count). The lowest BCUT2D eigenvalue weighted by Crippen LogP contribution is -2.28. The molecule has 2 aliphatic carbocycles. The van der Waals surface area contributed by atoms with Crippen molar-refractivity contribution in [3.8, 4) is 73.6 Å². The summed E-state index contributed by atoms with van der Waals surface area (Å²) in [5.41, 5.74) is 13.6. The summed E-state index contributed by atoms with van der Waals surface area (Å²) in [7, 11) is 0. The number of hydrogen-bond acceptors (Lipinski definition) is 4. The first-order valence-corrected chi connectivity index (χ1v) is 17.5. The van der Waals surface area contributed by atoms with Gasteiger partial charge in [0.15, 0.2) is 17.5 Å². The zero-order valence-corrected chi connectivity index (χ0v) is 27.7. The van der Waals surface area contributed by atoms with Gasteiger partial charge in [0.05, 0.1) is 11.6 Å². The maximum Gasteiger partial charge on any atom is 0.164 e. The van der Waals surface area contributed by atoms with Crippen LogP contribution in [0.3, 0.4) is 0 Å². The molecule has 1 spiro atoms. The molecule has 4 nitrogen and oxygen atoms in total. The smallest absolute Gasteiger partial charge is 0.164 e. The molecule has 0 atom stereocenters. The minimum absolute atomic E-state index is 0.0607. The van der Waals surface area contributed by atoms with E-state index in [2.05, 4.69) is 109 Å². The molecule has 2 aliphatic rings. The first-order chi connectivity index (χ1) is 24.7. The summed E-state index contributed by atoms with van der Waals surface area (Å²) >= 11 is 0. The van der Waals surface area contributed by atoms with Crippen LogP contribution in [0.25, 0.3) is 67.5 Å². The van der Waals surface area contributed by atoms with Gasteiger partial charge in [0.1, 0.15) is 0 Å². The molecule has 7 aromatic rings. The Bertz CT molecular complexity index is 2380. The van der Waals surface area contributed by atoms with Crippen molar-refractivity contribution in [2.75, 3.05) is 0 Å². The second-order valence-electron chi connectivity index (χ2n) is 13.4. The van der Waals surface area contributed by atoms with Gasteiger partial charge in [-0.1, -0.05) is 153 Å². The zero-order valence-electron chi connectivity index (χ0n) is 27.7. The van der Waals surface area contributed by atoms with E-state index in [1.165, 1.54) is 58.2 Å². The highest BCUT2D eigenvalue weighted by Gasteiger charge is 2.45. The van der Waals surface area contributed by atoms with Gasteiger partial charge >= 0.3 is 0 Å². The molecule has 50 heavy (non-hydrogen) atoms. The first kappa shape index (κ1) is 29.9. The highest BCUT2D eigenvalue weighted by molar-refractivity contribution is 5.89. The average Bonchev–Trinajstić information content (AvgIpc) is 3.46. The van der Waals surface area contributed by atoms with Gasteiger partial charge in [-0.15, -0.1) is 0 Å². The number of hydrogen-bond donors (Lipinski definition) is 0. The number of nitrogens with zero attached hydrogens (tertiary/aromatic N) is 4. The van der Waals surface area contributed by atoms with Crippen molar-refractivity contribution in [3.63, 3.8) is 0 Å². The van der Waals surface area contributed by atoms with Crippen LogP contribution in [0.1, 0.15) is 48.8 Å². The van der Waals surface area contributed by atoms with Crippen molar-refractivity contribution < 1.29 is 0 Å². The minimum Gasteiger partial charge on any atom is -0.208 e. The molecule has 0 bridgehead atoms. The van der Waals surface area contributed by atoms with E-state index in [0.717, 1.165) is 40.7 Å². The van der Waals surface area contributed by atoms with Crippen molar-refractivity contribution >= 4 is 0 Å². The van der Waals surface area contributed by atoms with E-state index < -0.39 is 0 Å². The Kier molecular flexibility index (Phi) is 7.40. The van der Waals surface area contributed by atoms with Gasteiger partial charge in [-0.25, -0.2) is 15.0 Å². The molecular weight excluding hydrogens is 609 g/mol. The van der Waals surface area contributed by atoms with E-state index in [1.807, 2.05) is 42.5 Å². The Morgan fingerprint density at radius 1 is 0.440 bits per heavy atom. The average molecular weight is 643 g/mol. The third kappa shape index (κ3) is 5.11. The van der Waals surface area contributed by atoms with Crippen LogP contribution in [0.2, 0.25) is 0 Å². The Hall–Kier alpha value is -6.18. The Labute approximate surface area is 292 Å². The molecule has 4 heteroatoms. The summed E-state index contributed by atoms with van der Waals surface area (Å²) < 4.78 is 0. The Balaban J connectivity index is 1.12. The lowest BCUT2D eigenvalue weighted by Gasteiger charge is -2.37. The molecule has 238 valence electrons.